The van der Waals surface area contributed by atoms with E-state index in [1.165, 1.54) is 12.1 Å². The van der Waals surface area contributed by atoms with Gasteiger partial charge in [0.05, 0.1) is 6.42 Å². The fraction of sp³-hybridized carbons (Fsp3) is 0.286. The molecule has 0 fully saturated rings. The van der Waals surface area contributed by atoms with Crippen molar-refractivity contribution < 1.29 is 14.0 Å². The Hall–Kier alpha value is -3.18. The number of hydrogen-bond acceptors (Lipinski definition) is 2. The van der Waals surface area contributed by atoms with Gasteiger partial charge in [-0.25, -0.2) is 4.39 Å². The Morgan fingerprint density at radius 2 is 1.47 bits per heavy atom. The fourth-order valence-electron chi connectivity index (χ4n) is 3.67. The van der Waals surface area contributed by atoms with Gasteiger partial charge in [0, 0.05) is 23.5 Å². The summed E-state index contributed by atoms with van der Waals surface area (Å²) in [6.45, 7) is 5.98. The summed E-state index contributed by atoms with van der Waals surface area (Å²) in [6.07, 6.45) is 0.424. The first-order valence-electron chi connectivity index (χ1n) is 11.2. The quantitative estimate of drug-likeness (QED) is 0.457. The average Bonchev–Trinajstić information content (AvgIpc) is 2.78. The summed E-state index contributed by atoms with van der Waals surface area (Å²) in [5, 5.41) is 3.63. The van der Waals surface area contributed by atoms with Crippen LogP contribution in [0.15, 0.2) is 78.9 Å². The highest BCUT2D eigenvalue weighted by Gasteiger charge is 2.32. The number of carbonyl (C=O) groups is 2. The Balaban J connectivity index is 1.97. The lowest BCUT2D eigenvalue weighted by Gasteiger charge is -2.34. The van der Waals surface area contributed by atoms with E-state index in [9.17, 15) is 14.0 Å². The number of hydrogen-bond donors (Lipinski definition) is 1. The fourth-order valence-corrected chi connectivity index (χ4v) is 3.80. The molecule has 3 aromatic carbocycles. The largest absolute Gasteiger partial charge is 0.350 e. The molecule has 0 aliphatic carbocycles. The molecule has 0 saturated heterocycles. The van der Waals surface area contributed by atoms with E-state index in [0.717, 1.165) is 11.1 Å². The predicted molar refractivity (Wildman–Crippen MR) is 134 cm³/mol. The summed E-state index contributed by atoms with van der Waals surface area (Å²) in [7, 11) is 0. The molecular formula is C28H30ClFN2O2. The van der Waals surface area contributed by atoms with Gasteiger partial charge in [-0.2, -0.15) is 0 Å². The van der Waals surface area contributed by atoms with Gasteiger partial charge in [-0.05, 0) is 61.7 Å². The molecule has 34 heavy (non-hydrogen) atoms. The molecule has 1 N–H and O–H groups in total. The number of benzene rings is 3. The SMILES string of the molecule is CC(C)(C)NC(=O)[C@@H](Cc1ccccc1)N(Cc1ccc(Cl)cc1)C(=O)Cc1ccc(F)cc1. The van der Waals surface area contributed by atoms with Crippen molar-refractivity contribution in [2.24, 2.45) is 0 Å². The van der Waals surface area contributed by atoms with Gasteiger partial charge in [0.25, 0.3) is 0 Å². The first-order valence-corrected chi connectivity index (χ1v) is 11.6. The molecule has 1 atom stereocenters. The topological polar surface area (TPSA) is 49.4 Å². The highest BCUT2D eigenvalue weighted by Crippen LogP contribution is 2.19. The molecule has 4 nitrogen and oxygen atoms in total. The normalized spacial score (nSPS) is 12.1. The smallest absolute Gasteiger partial charge is 0.243 e. The molecule has 0 aliphatic rings. The van der Waals surface area contributed by atoms with Gasteiger partial charge < -0.3 is 10.2 Å². The van der Waals surface area contributed by atoms with Gasteiger partial charge in [-0.15, -0.1) is 0 Å². The van der Waals surface area contributed by atoms with Crippen LogP contribution < -0.4 is 5.32 Å². The van der Waals surface area contributed by atoms with Gasteiger partial charge in [-0.1, -0.05) is 66.2 Å². The Morgan fingerprint density at radius 1 is 0.882 bits per heavy atom. The Morgan fingerprint density at radius 3 is 2.06 bits per heavy atom. The van der Waals surface area contributed by atoms with E-state index in [0.29, 0.717) is 17.0 Å². The first kappa shape index (κ1) is 25.4. The van der Waals surface area contributed by atoms with Crippen molar-refractivity contribution in [2.45, 2.75) is 51.7 Å². The van der Waals surface area contributed by atoms with E-state index in [1.54, 1.807) is 29.2 Å². The number of carbonyl (C=O) groups excluding carboxylic acids is 2. The summed E-state index contributed by atoms with van der Waals surface area (Å²) in [5.74, 6) is -0.801. The second-order valence-electron chi connectivity index (χ2n) is 9.40. The molecule has 3 rings (SSSR count). The van der Waals surface area contributed by atoms with Crippen LogP contribution in [0.25, 0.3) is 0 Å². The van der Waals surface area contributed by atoms with Crippen LogP contribution in [0.4, 0.5) is 4.39 Å². The standard InChI is InChI=1S/C28H30ClFN2O2/c1-28(2,3)31-27(34)25(17-20-7-5-4-6-8-20)32(19-22-9-13-23(29)14-10-22)26(33)18-21-11-15-24(30)16-12-21/h4-16,25H,17-19H2,1-3H3,(H,31,34)/t25-/m1/s1. The van der Waals surface area contributed by atoms with Crippen LogP contribution in [0.2, 0.25) is 5.02 Å². The Labute approximate surface area is 205 Å². The van der Waals surface area contributed by atoms with Crippen LogP contribution in [0.3, 0.4) is 0 Å². The molecule has 0 aliphatic heterocycles. The zero-order valence-electron chi connectivity index (χ0n) is 19.7. The molecule has 0 radical (unpaired) electrons. The first-order chi connectivity index (χ1) is 16.1. The maximum atomic E-state index is 13.6. The van der Waals surface area contributed by atoms with Crippen molar-refractivity contribution in [1.82, 2.24) is 10.2 Å². The number of nitrogens with zero attached hydrogens (tertiary/aromatic N) is 1. The summed E-state index contributed by atoms with van der Waals surface area (Å²) in [5.41, 5.74) is 2.03. The number of amides is 2. The van der Waals surface area contributed by atoms with E-state index < -0.39 is 11.6 Å². The van der Waals surface area contributed by atoms with Crippen molar-refractivity contribution in [2.75, 3.05) is 0 Å². The van der Waals surface area contributed by atoms with Crippen LogP contribution in [0, 0.1) is 5.82 Å². The van der Waals surface area contributed by atoms with Crippen LogP contribution in [-0.4, -0.2) is 28.3 Å². The van der Waals surface area contributed by atoms with Crippen molar-refractivity contribution in [1.29, 1.82) is 0 Å². The van der Waals surface area contributed by atoms with Crippen molar-refractivity contribution >= 4 is 23.4 Å². The van der Waals surface area contributed by atoms with Gasteiger partial charge in [0.15, 0.2) is 0 Å². The minimum atomic E-state index is -0.731. The zero-order chi connectivity index (χ0) is 24.7. The average molecular weight is 481 g/mol. The molecule has 0 unspecified atom stereocenters. The van der Waals surface area contributed by atoms with Crippen molar-refractivity contribution in [3.8, 4) is 0 Å². The third-order valence-electron chi connectivity index (χ3n) is 5.30. The maximum absolute atomic E-state index is 13.6. The Kier molecular flexibility index (Phi) is 8.46. The molecule has 3 aromatic rings. The van der Waals surface area contributed by atoms with Gasteiger partial charge in [0.2, 0.25) is 11.8 Å². The molecule has 0 bridgehead atoms. The third-order valence-corrected chi connectivity index (χ3v) is 5.56. The number of halogens is 2. The van der Waals surface area contributed by atoms with Crippen LogP contribution in [0.5, 0.6) is 0 Å². The van der Waals surface area contributed by atoms with E-state index in [-0.39, 0.29) is 30.6 Å². The minimum absolute atomic E-state index is 0.0575. The lowest BCUT2D eigenvalue weighted by Crippen LogP contribution is -2.54. The molecule has 0 spiro atoms. The zero-order valence-corrected chi connectivity index (χ0v) is 20.5. The predicted octanol–water partition coefficient (Wildman–Crippen LogP) is 5.58. The molecule has 6 heteroatoms. The third kappa shape index (κ3) is 7.70. The van der Waals surface area contributed by atoms with Gasteiger partial charge >= 0.3 is 0 Å². The van der Waals surface area contributed by atoms with Crippen LogP contribution in [0.1, 0.15) is 37.5 Å². The molecule has 2 amide bonds. The summed E-state index contributed by atoms with van der Waals surface area (Å²) in [6, 6.07) is 22.0. The highest BCUT2D eigenvalue weighted by molar-refractivity contribution is 6.30. The monoisotopic (exact) mass is 480 g/mol. The van der Waals surface area contributed by atoms with Crippen LogP contribution >= 0.6 is 11.6 Å². The summed E-state index contributed by atoms with van der Waals surface area (Å²) in [4.78, 5) is 28.7. The number of rotatable bonds is 8. The lowest BCUT2D eigenvalue weighted by molar-refractivity contribution is -0.141. The second-order valence-corrected chi connectivity index (χ2v) is 9.83. The maximum Gasteiger partial charge on any atom is 0.243 e. The molecule has 178 valence electrons. The Bertz CT molecular complexity index is 1090. The van der Waals surface area contributed by atoms with Crippen LogP contribution in [-0.2, 0) is 29.0 Å². The van der Waals surface area contributed by atoms with E-state index in [1.807, 2.05) is 63.2 Å². The second kappa shape index (κ2) is 11.3. The summed E-state index contributed by atoms with van der Waals surface area (Å²) < 4.78 is 13.4. The van der Waals surface area contributed by atoms with Gasteiger partial charge in [-0.3, -0.25) is 9.59 Å². The summed E-state index contributed by atoms with van der Waals surface area (Å²) >= 11 is 6.05. The molecule has 0 heterocycles. The number of nitrogens with one attached hydrogen (secondary N) is 1. The highest BCUT2D eigenvalue weighted by atomic mass is 35.5. The van der Waals surface area contributed by atoms with Crippen molar-refractivity contribution in [3.05, 3.63) is 106 Å². The van der Waals surface area contributed by atoms with E-state index >= 15 is 0 Å². The minimum Gasteiger partial charge on any atom is -0.350 e. The molecule has 0 saturated carbocycles. The lowest BCUT2D eigenvalue weighted by atomic mass is 10.00. The van der Waals surface area contributed by atoms with Crippen molar-refractivity contribution in [3.63, 3.8) is 0 Å². The molecular weight excluding hydrogens is 451 g/mol. The van der Waals surface area contributed by atoms with Gasteiger partial charge in [0.1, 0.15) is 11.9 Å². The van der Waals surface area contributed by atoms with E-state index in [2.05, 4.69) is 5.32 Å². The molecule has 0 aromatic heterocycles. The van der Waals surface area contributed by atoms with E-state index in [4.69, 9.17) is 11.6 Å².